The second-order valence-electron chi connectivity index (χ2n) is 3.12. The molecule has 58 heavy (non-hydrogen) atoms. The van der Waals surface area contributed by atoms with Crippen LogP contribution in [-0.4, -0.2) is 202 Å². The maximum Gasteiger partial charge on any atom is 1.00 e. The fourth-order valence-electron chi connectivity index (χ4n) is 0. The first-order chi connectivity index (χ1) is 15.6. The maximum absolute atomic E-state index is 7.17. The maximum atomic E-state index is 7.17. The summed E-state index contributed by atoms with van der Waals surface area (Å²) in [6.45, 7) is 0. The molecule has 0 saturated heterocycles. The molecular weight excluding hydrogens is 1040 g/mol. The van der Waals surface area contributed by atoms with E-state index < -0.39 is 65.9 Å². The van der Waals surface area contributed by atoms with E-state index in [2.05, 4.69) is 0 Å². The quantitative estimate of drug-likeness (QED) is 0.100. The third-order valence-corrected chi connectivity index (χ3v) is 0. The smallest absolute Gasteiger partial charge is 1.00 e. The van der Waals surface area contributed by atoms with Crippen molar-refractivity contribution in [2.24, 2.45) is 0 Å². The van der Waals surface area contributed by atoms with Gasteiger partial charge in [0.2, 0.25) is 0 Å². The molecule has 0 saturated carbocycles. The van der Waals surface area contributed by atoms with E-state index in [1.54, 1.807) is 0 Å². The Labute approximate surface area is 860 Å². The van der Waals surface area contributed by atoms with Gasteiger partial charge in [-0.3, -0.25) is 0 Å². The molecule has 0 aliphatic heterocycles. The summed E-state index contributed by atoms with van der Waals surface area (Å²) >= 11 is 0. The summed E-state index contributed by atoms with van der Waals surface area (Å²) in [5, 5.41) is 193. The standard InChI is InChI=1S/9BH3O3.22Na.22H/c9*2-1(3)4;;;;;;;;;;;;;;;;;;;;;;;;;;;;;;;;;;;;;;;;;;;;/h9*2-4H;;;;;;;;;;;;;;;;;;;;;;;;;;;;;;;;;;;;;;;;;;;;/q;;;;;;;;;22*+1;22*-1. The monoisotopic (exact) mass is 1090 g/mol. The fourth-order valence-corrected chi connectivity index (χ4v) is 0. The van der Waals surface area contributed by atoms with Gasteiger partial charge in [0.1, 0.15) is 0 Å². The van der Waals surface area contributed by atoms with Gasteiger partial charge in [0, 0.05) is 0 Å². The van der Waals surface area contributed by atoms with Gasteiger partial charge in [-0.05, 0) is 0 Å². The Morgan fingerprint density at radius 3 is 0.103 bits per heavy atom. The molecule has 27 N–H and O–H groups in total. The van der Waals surface area contributed by atoms with Crippen LogP contribution in [0.5, 0.6) is 0 Å². The third-order valence-electron chi connectivity index (χ3n) is 0. The first kappa shape index (κ1) is 208. The summed E-state index contributed by atoms with van der Waals surface area (Å²) in [4.78, 5) is 0. The van der Waals surface area contributed by atoms with Crippen molar-refractivity contribution in [3.8, 4) is 0 Å². The van der Waals surface area contributed by atoms with Gasteiger partial charge in [-0.2, -0.15) is 0 Å². The number of hydrogen-bond acceptors (Lipinski definition) is 27. The average Bonchev–Trinajstić information content (AvgIpc) is 2.39. The van der Waals surface area contributed by atoms with Crippen LogP contribution in [0.3, 0.4) is 0 Å². The molecule has 0 amide bonds. The Balaban J connectivity index is -0.00000000188. The molecule has 0 aromatic rings. The minimum Gasteiger partial charge on any atom is -1.00 e. The van der Waals surface area contributed by atoms with Crippen LogP contribution in [0.25, 0.3) is 0 Å². The van der Waals surface area contributed by atoms with Crippen LogP contribution in [0.15, 0.2) is 0 Å². The van der Waals surface area contributed by atoms with Crippen molar-refractivity contribution in [1.82, 2.24) is 0 Å². The molecule has 0 radical (unpaired) electrons. The van der Waals surface area contributed by atoms with Crippen LogP contribution < -0.4 is 650 Å². The first-order valence-electron chi connectivity index (χ1n) is 6.97. The van der Waals surface area contributed by atoms with Crippen LogP contribution in [0.4, 0.5) is 0 Å². The Morgan fingerprint density at radius 1 is 0.103 bits per heavy atom. The van der Waals surface area contributed by atoms with Crippen molar-refractivity contribution in [1.29, 1.82) is 0 Å². The molecule has 0 aromatic heterocycles. The van der Waals surface area contributed by atoms with E-state index in [1.165, 1.54) is 0 Å². The first-order valence-corrected chi connectivity index (χ1v) is 6.97. The third kappa shape index (κ3) is 981. The van der Waals surface area contributed by atoms with Gasteiger partial charge in [-0.25, -0.2) is 0 Å². The molecule has 260 valence electrons. The zero-order valence-electron chi connectivity index (χ0n) is 61.3. The normalized spacial score (nSPS) is 4.19. The minimum absolute atomic E-state index is 0. The summed E-state index contributed by atoms with van der Waals surface area (Å²) in [5.41, 5.74) is 0. The second kappa shape index (κ2) is 200. The molecule has 0 unspecified atom stereocenters. The molecule has 0 heterocycles. The molecule has 27 nitrogen and oxygen atoms in total. The molecule has 0 aliphatic rings. The van der Waals surface area contributed by atoms with Gasteiger partial charge in [-0.1, -0.05) is 0 Å². The van der Waals surface area contributed by atoms with E-state index in [0.29, 0.717) is 0 Å². The van der Waals surface area contributed by atoms with Crippen LogP contribution in [0.1, 0.15) is 31.4 Å². The molecule has 0 aliphatic carbocycles. The van der Waals surface area contributed by atoms with Crippen LogP contribution in [-0.2, 0) is 0 Å². The van der Waals surface area contributed by atoms with Crippen molar-refractivity contribution >= 4 is 65.9 Å². The van der Waals surface area contributed by atoms with Gasteiger partial charge >= 0.3 is 716 Å². The van der Waals surface area contributed by atoms with Crippen molar-refractivity contribution in [2.45, 2.75) is 0 Å². The predicted molar refractivity (Wildman–Crippen MR) is 136 cm³/mol. The molecular formula is H49B9Na22O27. The Bertz CT molecular complexity index is 281. The Morgan fingerprint density at radius 2 is 0.103 bits per heavy atom. The molecule has 0 rings (SSSR count). The van der Waals surface area contributed by atoms with E-state index in [1.807, 2.05) is 0 Å². The van der Waals surface area contributed by atoms with Crippen molar-refractivity contribution in [3.05, 3.63) is 0 Å². The van der Waals surface area contributed by atoms with E-state index in [4.69, 9.17) is 136 Å². The Hall–Kier alpha value is 21.5. The van der Waals surface area contributed by atoms with E-state index in [-0.39, 0.29) is 682 Å². The molecule has 0 bridgehead atoms. The summed E-state index contributed by atoms with van der Waals surface area (Å²) in [7, 11) is -19.5. The summed E-state index contributed by atoms with van der Waals surface area (Å²) in [5.74, 6) is 0. The van der Waals surface area contributed by atoms with Crippen molar-refractivity contribution in [3.63, 3.8) is 0 Å². The van der Waals surface area contributed by atoms with Crippen molar-refractivity contribution < 1.29 is 817 Å². The van der Waals surface area contributed by atoms with E-state index >= 15 is 0 Å². The zero-order chi connectivity index (χ0) is 32.2. The fraction of sp³-hybridized carbons (Fsp3) is 0. The van der Waals surface area contributed by atoms with Crippen LogP contribution in [0.2, 0.25) is 0 Å². The predicted octanol–water partition coefficient (Wildman–Crippen LogP) is -81.9. The van der Waals surface area contributed by atoms with Gasteiger partial charge < -0.3 is 167 Å². The van der Waals surface area contributed by atoms with Crippen molar-refractivity contribution in [2.75, 3.05) is 0 Å². The van der Waals surface area contributed by atoms with E-state index in [9.17, 15) is 0 Å². The number of rotatable bonds is 0. The summed E-state index contributed by atoms with van der Waals surface area (Å²) < 4.78 is 0. The SMILES string of the molecule is OB(O)O.OB(O)O.OB(O)O.OB(O)O.OB(O)O.OB(O)O.OB(O)O.OB(O)O.OB(O)O.[H-].[H-].[H-].[H-].[H-].[H-].[H-].[H-].[H-].[H-].[H-].[H-].[H-].[H-].[H-].[H-].[H-].[H-].[H-].[H-].[H-].[H-].[Na+].[Na+].[Na+].[Na+].[Na+].[Na+].[Na+].[Na+].[Na+].[Na+].[Na+].[Na+].[Na+].[Na+].[Na+].[Na+].[Na+].[Na+].[Na+].[Na+].[Na+].[Na+]. The molecule has 0 atom stereocenters. The van der Waals surface area contributed by atoms with Crippen LogP contribution in [0, 0.1) is 0 Å². The Kier molecular flexibility index (Phi) is 720. The van der Waals surface area contributed by atoms with Gasteiger partial charge in [0.15, 0.2) is 0 Å². The minimum atomic E-state index is -2.17. The average molecular weight is 1080 g/mol. The topological polar surface area (TPSA) is 546 Å². The zero-order valence-corrected chi connectivity index (χ0v) is 83.3. The summed E-state index contributed by atoms with van der Waals surface area (Å²) in [6, 6.07) is 0. The molecule has 0 fully saturated rings. The summed E-state index contributed by atoms with van der Waals surface area (Å²) in [6.07, 6.45) is 0. The van der Waals surface area contributed by atoms with Gasteiger partial charge in [0.05, 0.1) is 0 Å². The van der Waals surface area contributed by atoms with E-state index in [0.717, 1.165) is 0 Å². The van der Waals surface area contributed by atoms with Gasteiger partial charge in [-0.15, -0.1) is 0 Å². The van der Waals surface area contributed by atoms with Gasteiger partial charge in [0.25, 0.3) is 0 Å². The number of hydrogen-bond donors (Lipinski definition) is 27. The molecule has 0 aromatic carbocycles. The molecule has 0 spiro atoms. The second-order valence-corrected chi connectivity index (χ2v) is 3.12. The largest absolute Gasteiger partial charge is 1.00 e. The van der Waals surface area contributed by atoms with Crippen LogP contribution >= 0.6 is 0 Å². The molecule has 58 heteroatoms.